The van der Waals surface area contributed by atoms with Crippen molar-refractivity contribution in [3.63, 3.8) is 0 Å². The summed E-state index contributed by atoms with van der Waals surface area (Å²) < 4.78 is 26.4. The molecule has 2 unspecified atom stereocenters. The number of nitrogens with zero attached hydrogens (tertiary/aromatic N) is 5. The second-order valence-electron chi connectivity index (χ2n) is 7.59. The highest BCUT2D eigenvalue weighted by Gasteiger charge is 2.36. The predicted octanol–water partition coefficient (Wildman–Crippen LogP) is 2.36. The Morgan fingerprint density at radius 2 is 2.07 bits per heavy atom. The fourth-order valence-corrected chi connectivity index (χ4v) is 4.27. The van der Waals surface area contributed by atoms with Crippen molar-refractivity contribution >= 4 is 5.52 Å². The fourth-order valence-electron chi connectivity index (χ4n) is 4.27. The zero-order chi connectivity index (χ0) is 19.8. The molecule has 0 radical (unpaired) electrons. The maximum Gasteiger partial charge on any atom is 0.212 e. The smallest absolute Gasteiger partial charge is 0.212 e. The SMILES string of the molecule is N#Cc1cnn2cc(OCCN3CC4COCC4C3)cc(-c3ccc(F)nc3)c12. The first-order chi connectivity index (χ1) is 14.2. The molecule has 3 aromatic heterocycles. The maximum absolute atomic E-state index is 13.3. The Kier molecular flexibility index (Phi) is 4.62. The van der Waals surface area contributed by atoms with Crippen LogP contribution in [0.25, 0.3) is 16.6 Å². The Morgan fingerprint density at radius 3 is 2.79 bits per heavy atom. The normalized spacial score (nSPS) is 21.4. The lowest BCUT2D eigenvalue weighted by molar-refractivity contribution is 0.147. The minimum atomic E-state index is -0.549. The van der Waals surface area contributed by atoms with Crippen LogP contribution in [0.3, 0.4) is 0 Å². The predicted molar refractivity (Wildman–Crippen MR) is 103 cm³/mol. The number of hydrogen-bond donors (Lipinski definition) is 0. The molecule has 3 aromatic rings. The zero-order valence-corrected chi connectivity index (χ0v) is 15.8. The number of rotatable bonds is 5. The summed E-state index contributed by atoms with van der Waals surface area (Å²) in [5.41, 5.74) is 2.53. The molecular formula is C21H20FN5O2. The van der Waals surface area contributed by atoms with Crippen molar-refractivity contribution in [2.24, 2.45) is 11.8 Å². The summed E-state index contributed by atoms with van der Waals surface area (Å²) in [6.45, 7) is 5.26. The molecule has 0 aromatic carbocycles. The summed E-state index contributed by atoms with van der Waals surface area (Å²) in [5, 5.41) is 13.7. The third kappa shape index (κ3) is 3.43. The van der Waals surface area contributed by atoms with Crippen LogP contribution in [0.1, 0.15) is 5.56 Å². The van der Waals surface area contributed by atoms with E-state index in [1.165, 1.54) is 18.5 Å². The Bertz CT molecular complexity index is 1060. The second kappa shape index (κ2) is 7.43. The van der Waals surface area contributed by atoms with E-state index in [1.807, 2.05) is 6.07 Å². The molecule has 2 fully saturated rings. The molecule has 29 heavy (non-hydrogen) atoms. The molecule has 5 rings (SSSR count). The van der Waals surface area contributed by atoms with Crippen LogP contribution in [-0.2, 0) is 4.74 Å². The average Bonchev–Trinajstić information content (AvgIpc) is 3.42. The summed E-state index contributed by atoms with van der Waals surface area (Å²) in [7, 11) is 0. The lowest BCUT2D eigenvalue weighted by atomic mass is 10.0. The molecule has 0 aliphatic carbocycles. The van der Waals surface area contributed by atoms with Gasteiger partial charge in [0.15, 0.2) is 0 Å². The van der Waals surface area contributed by atoms with Gasteiger partial charge in [-0.1, -0.05) is 0 Å². The molecule has 2 aliphatic heterocycles. The molecule has 0 spiro atoms. The first-order valence-corrected chi connectivity index (χ1v) is 9.67. The van der Waals surface area contributed by atoms with Crippen LogP contribution in [0.4, 0.5) is 4.39 Å². The van der Waals surface area contributed by atoms with Gasteiger partial charge in [0.05, 0.1) is 36.7 Å². The number of aromatic nitrogens is 3. The third-order valence-corrected chi connectivity index (χ3v) is 5.74. The molecule has 2 saturated heterocycles. The molecule has 148 valence electrons. The van der Waals surface area contributed by atoms with Crippen molar-refractivity contribution < 1.29 is 13.9 Å². The zero-order valence-electron chi connectivity index (χ0n) is 15.8. The van der Waals surface area contributed by atoms with Gasteiger partial charge >= 0.3 is 0 Å². The molecule has 0 amide bonds. The second-order valence-corrected chi connectivity index (χ2v) is 7.59. The number of halogens is 1. The van der Waals surface area contributed by atoms with Crippen LogP contribution in [0.15, 0.2) is 36.8 Å². The Labute approximate surface area is 167 Å². The minimum absolute atomic E-state index is 0.446. The topological polar surface area (TPSA) is 75.7 Å². The van der Waals surface area contributed by atoms with E-state index in [4.69, 9.17) is 9.47 Å². The minimum Gasteiger partial charge on any atom is -0.491 e. The quantitative estimate of drug-likeness (QED) is 0.620. The highest BCUT2D eigenvalue weighted by molar-refractivity contribution is 5.84. The number of hydrogen-bond acceptors (Lipinski definition) is 6. The monoisotopic (exact) mass is 393 g/mol. The highest BCUT2D eigenvalue weighted by Crippen LogP contribution is 2.31. The molecule has 2 aliphatic rings. The lowest BCUT2D eigenvalue weighted by Gasteiger charge is -2.17. The number of ether oxygens (including phenoxy) is 2. The first-order valence-electron chi connectivity index (χ1n) is 9.67. The fraction of sp³-hybridized carbons (Fsp3) is 0.381. The van der Waals surface area contributed by atoms with Crippen LogP contribution in [0.5, 0.6) is 5.75 Å². The van der Waals surface area contributed by atoms with E-state index in [0.717, 1.165) is 38.4 Å². The molecule has 0 N–H and O–H groups in total. The molecule has 2 atom stereocenters. The number of nitriles is 1. The Morgan fingerprint density at radius 1 is 1.24 bits per heavy atom. The van der Waals surface area contributed by atoms with Gasteiger partial charge < -0.3 is 9.47 Å². The van der Waals surface area contributed by atoms with Crippen molar-refractivity contribution in [2.75, 3.05) is 39.5 Å². The van der Waals surface area contributed by atoms with E-state index >= 15 is 0 Å². The number of fused-ring (bicyclic) bond motifs is 2. The largest absolute Gasteiger partial charge is 0.491 e. The van der Waals surface area contributed by atoms with Crippen LogP contribution in [0.2, 0.25) is 0 Å². The molecule has 0 saturated carbocycles. The van der Waals surface area contributed by atoms with Gasteiger partial charge in [-0.05, 0) is 18.2 Å². The first kappa shape index (κ1) is 18.0. The molecule has 7 nitrogen and oxygen atoms in total. The standard InChI is InChI=1S/C21H20FN5O2/c22-20-2-1-14(7-24-20)19-5-18(11-27-21(19)15(6-23)8-25-27)29-4-3-26-9-16-12-28-13-17(16)10-26/h1-2,5,7-8,11,16-17H,3-4,9-10,12-13H2. The van der Waals surface area contributed by atoms with Crippen LogP contribution >= 0.6 is 0 Å². The number of pyridine rings is 2. The average molecular weight is 393 g/mol. The van der Waals surface area contributed by atoms with Gasteiger partial charge in [0.25, 0.3) is 0 Å². The van der Waals surface area contributed by atoms with Crippen molar-refractivity contribution in [2.45, 2.75) is 0 Å². The van der Waals surface area contributed by atoms with Gasteiger partial charge in [0.2, 0.25) is 5.95 Å². The van der Waals surface area contributed by atoms with Crippen LogP contribution < -0.4 is 4.74 Å². The summed E-state index contributed by atoms with van der Waals surface area (Å²) in [4.78, 5) is 6.16. The summed E-state index contributed by atoms with van der Waals surface area (Å²) in [6, 6.07) is 6.96. The summed E-state index contributed by atoms with van der Waals surface area (Å²) >= 11 is 0. The van der Waals surface area contributed by atoms with Gasteiger partial charge in [-0.15, -0.1) is 0 Å². The van der Waals surface area contributed by atoms with Crippen LogP contribution in [0, 0.1) is 29.1 Å². The lowest BCUT2D eigenvalue weighted by Crippen LogP contribution is -2.27. The van der Waals surface area contributed by atoms with Crippen LogP contribution in [-0.4, -0.2) is 59.0 Å². The summed E-state index contributed by atoms with van der Waals surface area (Å²) in [5.74, 6) is 1.40. The maximum atomic E-state index is 13.3. The van der Waals surface area contributed by atoms with E-state index in [0.29, 0.717) is 40.8 Å². The van der Waals surface area contributed by atoms with Crippen molar-refractivity contribution in [3.05, 3.63) is 48.3 Å². The van der Waals surface area contributed by atoms with E-state index < -0.39 is 5.95 Å². The Balaban J connectivity index is 1.37. The molecule has 8 heteroatoms. The van der Waals surface area contributed by atoms with Crippen molar-refractivity contribution in [1.82, 2.24) is 19.5 Å². The summed E-state index contributed by atoms with van der Waals surface area (Å²) in [6.07, 6.45) is 4.74. The molecule has 5 heterocycles. The van der Waals surface area contributed by atoms with E-state index in [2.05, 4.69) is 21.1 Å². The van der Waals surface area contributed by atoms with Gasteiger partial charge in [-0.2, -0.15) is 14.8 Å². The highest BCUT2D eigenvalue weighted by atomic mass is 19.1. The third-order valence-electron chi connectivity index (χ3n) is 5.74. The van der Waals surface area contributed by atoms with Gasteiger partial charge in [0, 0.05) is 48.8 Å². The van der Waals surface area contributed by atoms with Gasteiger partial charge in [0.1, 0.15) is 18.4 Å². The van der Waals surface area contributed by atoms with Crippen molar-refractivity contribution in [1.29, 1.82) is 5.26 Å². The Hall–Kier alpha value is -3.02. The van der Waals surface area contributed by atoms with Gasteiger partial charge in [-0.25, -0.2) is 9.50 Å². The van der Waals surface area contributed by atoms with Crippen molar-refractivity contribution in [3.8, 4) is 22.9 Å². The van der Waals surface area contributed by atoms with E-state index in [1.54, 1.807) is 16.8 Å². The van der Waals surface area contributed by atoms with E-state index in [-0.39, 0.29) is 0 Å². The molecular weight excluding hydrogens is 373 g/mol. The van der Waals surface area contributed by atoms with E-state index in [9.17, 15) is 9.65 Å². The molecule has 0 bridgehead atoms. The van der Waals surface area contributed by atoms with Gasteiger partial charge in [-0.3, -0.25) is 4.90 Å². The number of likely N-dealkylation sites (tertiary alicyclic amines) is 1.